The number of hydrogen-bond acceptors (Lipinski definition) is 2. The van der Waals surface area contributed by atoms with E-state index in [0.717, 1.165) is 5.56 Å². The van der Waals surface area contributed by atoms with Gasteiger partial charge in [0, 0.05) is 11.6 Å². The second-order valence-corrected chi connectivity index (χ2v) is 3.78. The lowest BCUT2D eigenvalue weighted by molar-refractivity contribution is -0.0498. The fourth-order valence-electron chi connectivity index (χ4n) is 1.82. The zero-order chi connectivity index (χ0) is 11.7. The van der Waals surface area contributed by atoms with E-state index in [-0.39, 0.29) is 17.7 Å². The van der Waals surface area contributed by atoms with Crippen molar-refractivity contribution in [1.29, 1.82) is 0 Å². The molecule has 1 heterocycles. The third kappa shape index (κ3) is 2.13. The molecule has 1 aliphatic heterocycles. The van der Waals surface area contributed by atoms with Crippen molar-refractivity contribution in [3.63, 3.8) is 0 Å². The summed E-state index contributed by atoms with van der Waals surface area (Å²) in [5.74, 6) is -0.0759. The Labute approximate surface area is 91.4 Å². The molecule has 1 aromatic rings. The van der Waals surface area contributed by atoms with Crippen molar-refractivity contribution in [2.24, 2.45) is 0 Å². The third-order valence-corrected chi connectivity index (χ3v) is 2.45. The van der Waals surface area contributed by atoms with Gasteiger partial charge in [-0.15, -0.1) is 0 Å². The lowest BCUT2D eigenvalue weighted by Gasteiger charge is -2.22. The Bertz CT molecular complexity index is 420. The molecule has 2 rings (SSSR count). The summed E-state index contributed by atoms with van der Waals surface area (Å²) in [6.45, 7) is -0.977. The quantitative estimate of drug-likeness (QED) is 0.838. The minimum Gasteiger partial charge on any atom is -0.435 e. The van der Waals surface area contributed by atoms with Crippen molar-refractivity contribution in [1.82, 2.24) is 5.32 Å². The Morgan fingerprint density at radius 1 is 1.50 bits per heavy atom. The SMILES string of the molecule is CC1Cc2cc(OC(F)F)ccc2C(=O)N1. The Morgan fingerprint density at radius 2 is 2.25 bits per heavy atom. The van der Waals surface area contributed by atoms with Crippen LogP contribution in [-0.2, 0) is 6.42 Å². The number of rotatable bonds is 2. The monoisotopic (exact) mass is 227 g/mol. The molecule has 5 heteroatoms. The number of amides is 1. The van der Waals surface area contributed by atoms with E-state index in [1.165, 1.54) is 18.2 Å². The number of fused-ring (bicyclic) bond motifs is 1. The molecule has 0 aliphatic carbocycles. The standard InChI is InChI=1S/C11H11F2NO2/c1-6-4-7-5-8(16-11(12)13)2-3-9(7)10(15)14-6/h2-3,5-6,11H,4H2,1H3,(H,14,15). The predicted molar refractivity (Wildman–Crippen MR) is 53.7 cm³/mol. The molecular weight excluding hydrogens is 216 g/mol. The molecule has 1 unspecified atom stereocenters. The Kier molecular flexibility index (Phi) is 2.77. The van der Waals surface area contributed by atoms with E-state index in [0.29, 0.717) is 12.0 Å². The van der Waals surface area contributed by atoms with Gasteiger partial charge in [-0.05, 0) is 37.1 Å². The number of carbonyl (C=O) groups excluding carboxylic acids is 1. The van der Waals surface area contributed by atoms with Crippen LogP contribution in [0.2, 0.25) is 0 Å². The van der Waals surface area contributed by atoms with Crippen molar-refractivity contribution < 1.29 is 18.3 Å². The summed E-state index contributed by atoms with van der Waals surface area (Å²) in [6.07, 6.45) is 0.626. The first-order valence-electron chi connectivity index (χ1n) is 4.95. The smallest absolute Gasteiger partial charge is 0.387 e. The molecule has 16 heavy (non-hydrogen) atoms. The summed E-state index contributed by atoms with van der Waals surface area (Å²) < 4.78 is 28.3. The van der Waals surface area contributed by atoms with Gasteiger partial charge in [0.15, 0.2) is 0 Å². The van der Waals surface area contributed by atoms with Crippen LogP contribution in [-0.4, -0.2) is 18.6 Å². The van der Waals surface area contributed by atoms with Gasteiger partial charge in [-0.1, -0.05) is 0 Å². The van der Waals surface area contributed by atoms with E-state index in [1.54, 1.807) is 0 Å². The van der Waals surface area contributed by atoms with Gasteiger partial charge in [0.2, 0.25) is 0 Å². The first-order valence-corrected chi connectivity index (χ1v) is 4.95. The van der Waals surface area contributed by atoms with Crippen molar-refractivity contribution >= 4 is 5.91 Å². The molecule has 1 amide bonds. The van der Waals surface area contributed by atoms with E-state index in [9.17, 15) is 13.6 Å². The maximum Gasteiger partial charge on any atom is 0.387 e. The molecule has 86 valence electrons. The summed E-state index contributed by atoms with van der Waals surface area (Å²) in [5, 5.41) is 2.77. The van der Waals surface area contributed by atoms with Crippen LogP contribution >= 0.6 is 0 Å². The first kappa shape index (κ1) is 10.9. The van der Waals surface area contributed by atoms with Gasteiger partial charge in [-0.2, -0.15) is 8.78 Å². The zero-order valence-electron chi connectivity index (χ0n) is 8.67. The van der Waals surface area contributed by atoms with Crippen LogP contribution in [0, 0.1) is 0 Å². The molecule has 0 fully saturated rings. The Hall–Kier alpha value is -1.65. The summed E-state index contributed by atoms with van der Waals surface area (Å²) in [4.78, 5) is 11.5. The average Bonchev–Trinajstić information content (AvgIpc) is 2.15. The van der Waals surface area contributed by atoms with Gasteiger partial charge >= 0.3 is 6.61 Å². The maximum atomic E-state index is 12.0. The second kappa shape index (κ2) is 4.08. The molecule has 0 bridgehead atoms. The fourth-order valence-corrected chi connectivity index (χ4v) is 1.82. The number of alkyl halides is 2. The summed E-state index contributed by atoms with van der Waals surface area (Å²) >= 11 is 0. The van der Waals surface area contributed by atoms with Crippen molar-refractivity contribution in [2.75, 3.05) is 0 Å². The fraction of sp³-hybridized carbons (Fsp3) is 0.364. The number of halogens is 2. The molecule has 1 atom stereocenters. The molecule has 0 saturated carbocycles. The van der Waals surface area contributed by atoms with E-state index < -0.39 is 6.61 Å². The largest absolute Gasteiger partial charge is 0.435 e. The van der Waals surface area contributed by atoms with Gasteiger partial charge in [-0.3, -0.25) is 4.79 Å². The highest BCUT2D eigenvalue weighted by Gasteiger charge is 2.21. The summed E-state index contributed by atoms with van der Waals surface area (Å²) in [7, 11) is 0. The minimum atomic E-state index is -2.84. The van der Waals surface area contributed by atoms with Crippen LogP contribution in [0.15, 0.2) is 18.2 Å². The number of ether oxygens (including phenoxy) is 1. The van der Waals surface area contributed by atoms with E-state index in [2.05, 4.69) is 10.1 Å². The third-order valence-electron chi connectivity index (χ3n) is 2.45. The number of carbonyl (C=O) groups is 1. The molecule has 3 nitrogen and oxygen atoms in total. The highest BCUT2D eigenvalue weighted by atomic mass is 19.3. The van der Waals surface area contributed by atoms with Gasteiger partial charge < -0.3 is 10.1 Å². The van der Waals surface area contributed by atoms with Crippen LogP contribution in [0.3, 0.4) is 0 Å². The number of benzene rings is 1. The molecule has 0 radical (unpaired) electrons. The molecule has 1 aromatic carbocycles. The lowest BCUT2D eigenvalue weighted by Crippen LogP contribution is -2.39. The van der Waals surface area contributed by atoms with Crippen LogP contribution in [0.1, 0.15) is 22.8 Å². The molecular formula is C11H11F2NO2. The molecule has 0 spiro atoms. The van der Waals surface area contributed by atoms with Crippen molar-refractivity contribution in [3.8, 4) is 5.75 Å². The molecule has 1 N–H and O–H groups in total. The first-order chi connectivity index (χ1) is 7.56. The summed E-state index contributed by atoms with van der Waals surface area (Å²) in [5.41, 5.74) is 1.27. The highest BCUT2D eigenvalue weighted by molar-refractivity contribution is 5.97. The predicted octanol–water partition coefficient (Wildman–Crippen LogP) is 1.96. The number of nitrogens with one attached hydrogen (secondary N) is 1. The second-order valence-electron chi connectivity index (χ2n) is 3.78. The summed E-state index contributed by atoms with van der Waals surface area (Å²) in [6, 6.07) is 4.40. The zero-order valence-corrected chi connectivity index (χ0v) is 8.67. The van der Waals surface area contributed by atoms with Gasteiger partial charge in [-0.25, -0.2) is 0 Å². The van der Waals surface area contributed by atoms with Crippen molar-refractivity contribution in [3.05, 3.63) is 29.3 Å². The minimum absolute atomic E-state index is 0.0156. The van der Waals surface area contributed by atoms with Crippen LogP contribution in [0.4, 0.5) is 8.78 Å². The van der Waals surface area contributed by atoms with Gasteiger partial charge in [0.1, 0.15) is 5.75 Å². The normalized spacial score (nSPS) is 19.2. The van der Waals surface area contributed by atoms with Gasteiger partial charge in [0.05, 0.1) is 0 Å². The van der Waals surface area contributed by atoms with Crippen molar-refractivity contribution in [2.45, 2.75) is 26.0 Å². The van der Waals surface area contributed by atoms with Crippen LogP contribution in [0.5, 0.6) is 5.75 Å². The highest BCUT2D eigenvalue weighted by Crippen LogP contribution is 2.23. The number of hydrogen-bond donors (Lipinski definition) is 1. The van der Waals surface area contributed by atoms with E-state index in [4.69, 9.17) is 0 Å². The van der Waals surface area contributed by atoms with Crippen LogP contribution in [0.25, 0.3) is 0 Å². The Morgan fingerprint density at radius 3 is 2.94 bits per heavy atom. The van der Waals surface area contributed by atoms with E-state index in [1.807, 2.05) is 6.92 Å². The topological polar surface area (TPSA) is 38.3 Å². The Balaban J connectivity index is 2.30. The molecule has 0 aromatic heterocycles. The lowest BCUT2D eigenvalue weighted by atomic mass is 9.96. The van der Waals surface area contributed by atoms with Crippen LogP contribution < -0.4 is 10.1 Å². The van der Waals surface area contributed by atoms with E-state index >= 15 is 0 Å². The average molecular weight is 227 g/mol. The maximum absolute atomic E-state index is 12.0. The molecule has 1 aliphatic rings. The molecule has 0 saturated heterocycles. The van der Waals surface area contributed by atoms with Gasteiger partial charge in [0.25, 0.3) is 5.91 Å².